The zero-order valence-electron chi connectivity index (χ0n) is 12.6. The number of nitrogens with one attached hydrogen (secondary N) is 1. The molecule has 3 aliphatic rings. The highest BCUT2D eigenvalue weighted by Crippen LogP contribution is 2.25. The van der Waals surface area contributed by atoms with Crippen LogP contribution in [0.15, 0.2) is 0 Å². The van der Waals surface area contributed by atoms with E-state index < -0.39 is 0 Å². The van der Waals surface area contributed by atoms with E-state index in [0.29, 0.717) is 0 Å². The summed E-state index contributed by atoms with van der Waals surface area (Å²) >= 11 is 0. The van der Waals surface area contributed by atoms with Gasteiger partial charge >= 0.3 is 0 Å². The molecule has 0 radical (unpaired) electrons. The van der Waals surface area contributed by atoms with E-state index in [9.17, 15) is 0 Å². The van der Waals surface area contributed by atoms with Gasteiger partial charge in [0, 0.05) is 18.6 Å². The number of hydrogen-bond donors (Lipinski definition) is 1. The molecule has 3 heterocycles. The molecule has 0 aromatic carbocycles. The van der Waals surface area contributed by atoms with E-state index in [2.05, 4.69) is 22.0 Å². The molecule has 0 aromatic heterocycles. The van der Waals surface area contributed by atoms with Crippen molar-refractivity contribution in [2.24, 2.45) is 5.92 Å². The normalized spacial score (nSPS) is 36.5. The Hall–Kier alpha value is -0.120. The molecule has 19 heavy (non-hydrogen) atoms. The van der Waals surface area contributed by atoms with Crippen LogP contribution in [-0.4, -0.2) is 61.2 Å². The molecule has 3 nitrogen and oxygen atoms in total. The Morgan fingerprint density at radius 1 is 0.842 bits per heavy atom. The topological polar surface area (TPSA) is 18.5 Å². The summed E-state index contributed by atoms with van der Waals surface area (Å²) in [4.78, 5) is 5.56. The third kappa shape index (κ3) is 3.32. The lowest BCUT2D eigenvalue weighted by molar-refractivity contribution is 0.0491. The molecular formula is C16H31N3. The number of piperidine rings is 3. The van der Waals surface area contributed by atoms with Gasteiger partial charge in [-0.2, -0.15) is 0 Å². The number of hydrogen-bond acceptors (Lipinski definition) is 3. The lowest BCUT2D eigenvalue weighted by atomic mass is 9.90. The highest BCUT2D eigenvalue weighted by atomic mass is 15.2. The highest BCUT2D eigenvalue weighted by molar-refractivity contribution is 4.88. The molecule has 3 saturated heterocycles. The standard InChI is InChI=1S/C16H31N3/c1-14-5-8-17-13-16(14)19-11-6-15(7-12-19)18-9-3-2-4-10-18/h14-17H,2-13H2,1H3. The molecule has 2 unspecified atom stereocenters. The second-order valence-corrected chi connectivity index (χ2v) is 6.90. The van der Waals surface area contributed by atoms with E-state index in [4.69, 9.17) is 0 Å². The second-order valence-electron chi connectivity index (χ2n) is 6.90. The Labute approximate surface area is 118 Å². The molecule has 0 saturated carbocycles. The van der Waals surface area contributed by atoms with Crippen molar-refractivity contribution in [2.75, 3.05) is 39.3 Å². The van der Waals surface area contributed by atoms with E-state index in [1.54, 1.807) is 0 Å². The lowest BCUT2D eigenvalue weighted by Gasteiger charge is -2.45. The average molecular weight is 265 g/mol. The third-order valence-corrected chi connectivity index (χ3v) is 5.66. The van der Waals surface area contributed by atoms with E-state index in [1.807, 2.05) is 0 Å². The van der Waals surface area contributed by atoms with E-state index in [-0.39, 0.29) is 0 Å². The molecular weight excluding hydrogens is 234 g/mol. The van der Waals surface area contributed by atoms with Crippen molar-refractivity contribution in [3.8, 4) is 0 Å². The SMILES string of the molecule is CC1CCNCC1N1CCC(N2CCCCC2)CC1. The summed E-state index contributed by atoms with van der Waals surface area (Å²) in [6.07, 6.45) is 8.50. The maximum Gasteiger partial charge on any atom is 0.0246 e. The zero-order valence-corrected chi connectivity index (χ0v) is 12.6. The van der Waals surface area contributed by atoms with E-state index >= 15 is 0 Å². The van der Waals surface area contributed by atoms with Gasteiger partial charge in [-0.25, -0.2) is 0 Å². The van der Waals surface area contributed by atoms with E-state index in [1.165, 1.54) is 77.8 Å². The third-order valence-electron chi connectivity index (χ3n) is 5.66. The highest BCUT2D eigenvalue weighted by Gasteiger charge is 2.32. The quantitative estimate of drug-likeness (QED) is 0.823. The van der Waals surface area contributed by atoms with Crippen LogP contribution in [0.25, 0.3) is 0 Å². The number of likely N-dealkylation sites (tertiary alicyclic amines) is 2. The van der Waals surface area contributed by atoms with Gasteiger partial charge in [0.1, 0.15) is 0 Å². The molecule has 3 heteroatoms. The minimum Gasteiger partial charge on any atom is -0.315 e. The first-order valence-corrected chi connectivity index (χ1v) is 8.53. The van der Waals surface area contributed by atoms with Gasteiger partial charge < -0.3 is 10.2 Å². The Kier molecular flexibility index (Phi) is 4.78. The second kappa shape index (κ2) is 6.55. The molecule has 3 fully saturated rings. The van der Waals surface area contributed by atoms with Crippen LogP contribution in [-0.2, 0) is 0 Å². The minimum atomic E-state index is 0.802. The monoisotopic (exact) mass is 265 g/mol. The Morgan fingerprint density at radius 2 is 1.58 bits per heavy atom. The van der Waals surface area contributed by atoms with Crippen LogP contribution in [0.1, 0.15) is 45.4 Å². The fraction of sp³-hybridized carbons (Fsp3) is 1.00. The van der Waals surface area contributed by atoms with Gasteiger partial charge in [-0.05, 0) is 70.7 Å². The molecule has 1 N–H and O–H groups in total. The summed E-state index contributed by atoms with van der Waals surface area (Å²) in [7, 11) is 0. The molecule has 3 aliphatic heterocycles. The molecule has 0 amide bonds. The molecule has 2 atom stereocenters. The van der Waals surface area contributed by atoms with Crippen LogP contribution in [0, 0.1) is 5.92 Å². The first kappa shape index (κ1) is 13.8. The van der Waals surface area contributed by atoms with Gasteiger partial charge in [0.2, 0.25) is 0 Å². The molecule has 0 spiro atoms. The summed E-state index contributed by atoms with van der Waals surface area (Å²) in [5, 5.41) is 3.59. The summed E-state index contributed by atoms with van der Waals surface area (Å²) < 4.78 is 0. The predicted molar refractivity (Wildman–Crippen MR) is 80.5 cm³/mol. The first-order chi connectivity index (χ1) is 9.34. The van der Waals surface area contributed by atoms with Crippen molar-refractivity contribution < 1.29 is 0 Å². The van der Waals surface area contributed by atoms with Crippen molar-refractivity contribution in [1.82, 2.24) is 15.1 Å². The van der Waals surface area contributed by atoms with Crippen LogP contribution in [0.4, 0.5) is 0 Å². The maximum absolute atomic E-state index is 3.59. The van der Waals surface area contributed by atoms with Crippen LogP contribution in [0.3, 0.4) is 0 Å². The van der Waals surface area contributed by atoms with Crippen molar-refractivity contribution in [3.05, 3.63) is 0 Å². The molecule has 0 aromatic rings. The summed E-state index contributed by atoms with van der Waals surface area (Å²) in [6, 6.07) is 1.69. The number of rotatable bonds is 2. The van der Waals surface area contributed by atoms with Gasteiger partial charge in [-0.15, -0.1) is 0 Å². The van der Waals surface area contributed by atoms with Gasteiger partial charge in [-0.1, -0.05) is 13.3 Å². The van der Waals surface area contributed by atoms with Crippen LogP contribution >= 0.6 is 0 Å². The Bertz CT molecular complexity index is 267. The lowest BCUT2D eigenvalue weighted by Crippen LogP contribution is -2.55. The Morgan fingerprint density at radius 3 is 2.26 bits per heavy atom. The molecule has 0 bridgehead atoms. The fourth-order valence-electron chi connectivity index (χ4n) is 4.33. The van der Waals surface area contributed by atoms with Crippen molar-refractivity contribution in [3.63, 3.8) is 0 Å². The Balaban J connectivity index is 1.48. The van der Waals surface area contributed by atoms with Gasteiger partial charge in [0.05, 0.1) is 0 Å². The summed E-state index contributed by atoms with van der Waals surface area (Å²) in [5.41, 5.74) is 0. The molecule has 3 rings (SSSR count). The largest absolute Gasteiger partial charge is 0.315 e. The van der Waals surface area contributed by atoms with Crippen LogP contribution in [0.2, 0.25) is 0 Å². The minimum absolute atomic E-state index is 0.802. The molecule has 0 aliphatic carbocycles. The van der Waals surface area contributed by atoms with Crippen LogP contribution in [0.5, 0.6) is 0 Å². The number of nitrogens with zero attached hydrogens (tertiary/aromatic N) is 2. The maximum atomic E-state index is 3.59. The molecule has 110 valence electrons. The average Bonchev–Trinajstić information content (AvgIpc) is 2.49. The smallest absolute Gasteiger partial charge is 0.0246 e. The zero-order chi connectivity index (χ0) is 13.1. The van der Waals surface area contributed by atoms with Gasteiger partial charge in [-0.3, -0.25) is 4.90 Å². The van der Waals surface area contributed by atoms with Gasteiger partial charge in [0.15, 0.2) is 0 Å². The van der Waals surface area contributed by atoms with E-state index in [0.717, 1.165) is 18.0 Å². The van der Waals surface area contributed by atoms with Crippen molar-refractivity contribution in [2.45, 2.75) is 57.5 Å². The van der Waals surface area contributed by atoms with Gasteiger partial charge in [0.25, 0.3) is 0 Å². The summed E-state index contributed by atoms with van der Waals surface area (Å²) in [6.45, 7) is 10.3. The van der Waals surface area contributed by atoms with Crippen LogP contribution < -0.4 is 5.32 Å². The van der Waals surface area contributed by atoms with Crippen molar-refractivity contribution >= 4 is 0 Å². The predicted octanol–water partition coefficient (Wildman–Crippen LogP) is 1.93. The summed E-state index contributed by atoms with van der Waals surface area (Å²) in [5.74, 6) is 0.882. The van der Waals surface area contributed by atoms with Crippen molar-refractivity contribution in [1.29, 1.82) is 0 Å². The first-order valence-electron chi connectivity index (χ1n) is 8.53. The fourth-order valence-corrected chi connectivity index (χ4v) is 4.33.